The van der Waals surface area contributed by atoms with Gasteiger partial charge in [0.2, 0.25) is 0 Å². The fourth-order valence-electron chi connectivity index (χ4n) is 7.32. The van der Waals surface area contributed by atoms with Gasteiger partial charge in [0.05, 0.1) is 12.2 Å². The monoisotopic (exact) mass is 364 g/mol. The summed E-state index contributed by atoms with van der Waals surface area (Å²) in [4.78, 5) is 12.0. The predicted molar refractivity (Wildman–Crippen MR) is 87.9 cm³/mol. The molecule has 1 unspecified atom stereocenters. The lowest BCUT2D eigenvalue weighted by Crippen LogP contribution is -2.68. The van der Waals surface area contributed by atoms with E-state index in [1.807, 2.05) is 13.8 Å². The molecule has 3 heterocycles. The Labute approximate surface area is 151 Å². The number of alkyl halides is 1. The van der Waals surface area contributed by atoms with Crippen molar-refractivity contribution in [2.45, 2.75) is 75.7 Å². The zero-order valence-corrected chi connectivity index (χ0v) is 15.3. The molecule has 0 aromatic carbocycles. The molecule has 0 aromatic rings. The fourth-order valence-corrected chi connectivity index (χ4v) is 7.32. The summed E-state index contributed by atoms with van der Waals surface area (Å²) in [7, 11) is 0. The van der Waals surface area contributed by atoms with Gasteiger partial charge in [-0.05, 0) is 36.7 Å². The first-order chi connectivity index (χ1) is 12.3. The lowest BCUT2D eigenvalue weighted by Gasteiger charge is -2.54. The van der Waals surface area contributed by atoms with Crippen LogP contribution in [-0.2, 0) is 19.0 Å². The SMILES string of the molecule is CC(C)[C@@H]1[C@@H](O)[C@@H]2O[C@]23[C@]2(O[C@H]2CC2C4=C(CC[C@@]23C)C(=O)OC4)[C@H]1F. The normalized spacial score (nSPS) is 59.1. The standard InChI is InChI=1S/C20H25FO5/c1-8(2)13-14(22)16-20(26-16)18(3)5-4-9-10(7-24-17(9)23)11(18)6-12-19(20,25-12)15(13)21/h8,11-16,22H,4-7H2,1-3H3/t11?,12-,13+,14+,15-,16-,18-,19+,20+/m0/s1. The number of fused-ring (bicyclic) bond motifs is 2. The average Bonchev–Trinajstić information content (AvgIpc) is 3.45. The van der Waals surface area contributed by atoms with Crippen molar-refractivity contribution in [1.82, 2.24) is 0 Å². The van der Waals surface area contributed by atoms with Crippen molar-refractivity contribution in [3.05, 3.63) is 11.1 Å². The Hall–Kier alpha value is -0.980. The molecule has 2 saturated heterocycles. The number of carbonyl (C=O) groups excluding carboxylic acids is 1. The topological polar surface area (TPSA) is 71.6 Å². The van der Waals surface area contributed by atoms with E-state index in [1.165, 1.54) is 0 Å². The van der Waals surface area contributed by atoms with E-state index >= 15 is 4.39 Å². The van der Waals surface area contributed by atoms with Gasteiger partial charge >= 0.3 is 5.97 Å². The number of hydrogen-bond acceptors (Lipinski definition) is 5. The summed E-state index contributed by atoms with van der Waals surface area (Å²) in [6, 6.07) is 0. The highest BCUT2D eigenvalue weighted by molar-refractivity contribution is 5.92. The highest BCUT2D eigenvalue weighted by Crippen LogP contribution is 2.79. The fraction of sp³-hybridized carbons (Fsp3) is 0.850. The molecule has 9 atom stereocenters. The first-order valence-electron chi connectivity index (χ1n) is 9.86. The molecular formula is C20H25FO5. The van der Waals surface area contributed by atoms with Gasteiger partial charge in [0, 0.05) is 16.9 Å². The minimum atomic E-state index is -1.23. The number of epoxide rings is 2. The highest BCUT2D eigenvalue weighted by Gasteiger charge is 2.95. The number of ether oxygens (including phenoxy) is 3. The van der Waals surface area contributed by atoms with Gasteiger partial charge in [-0.15, -0.1) is 0 Å². The average molecular weight is 364 g/mol. The van der Waals surface area contributed by atoms with Crippen molar-refractivity contribution in [3.63, 3.8) is 0 Å². The molecule has 142 valence electrons. The van der Waals surface area contributed by atoms with Crippen LogP contribution in [0.2, 0.25) is 0 Å². The van der Waals surface area contributed by atoms with Gasteiger partial charge in [-0.3, -0.25) is 0 Å². The van der Waals surface area contributed by atoms with Crippen LogP contribution >= 0.6 is 0 Å². The van der Waals surface area contributed by atoms with Gasteiger partial charge in [-0.1, -0.05) is 20.8 Å². The van der Waals surface area contributed by atoms with Crippen molar-refractivity contribution in [3.8, 4) is 0 Å². The molecule has 2 saturated carbocycles. The van der Waals surface area contributed by atoms with Crippen molar-refractivity contribution in [2.75, 3.05) is 6.61 Å². The maximum Gasteiger partial charge on any atom is 0.334 e. The van der Waals surface area contributed by atoms with Gasteiger partial charge in [-0.25, -0.2) is 9.18 Å². The number of hydrogen-bond donors (Lipinski definition) is 1. The Bertz CT molecular complexity index is 763. The van der Waals surface area contributed by atoms with Gasteiger partial charge in [0.15, 0.2) is 5.60 Å². The van der Waals surface area contributed by atoms with E-state index in [-0.39, 0.29) is 35.4 Å². The first-order valence-corrected chi connectivity index (χ1v) is 9.86. The van der Waals surface area contributed by atoms with E-state index in [1.54, 1.807) is 0 Å². The summed E-state index contributed by atoms with van der Waals surface area (Å²) in [5.41, 5.74) is -0.166. The summed E-state index contributed by atoms with van der Waals surface area (Å²) < 4.78 is 33.5. The molecule has 2 spiro atoms. The van der Waals surface area contributed by atoms with Crippen LogP contribution in [-0.4, -0.2) is 53.4 Å². The number of aliphatic hydroxyl groups is 1. The minimum Gasteiger partial charge on any atom is -0.458 e. The van der Waals surface area contributed by atoms with Crippen LogP contribution in [0, 0.1) is 23.2 Å². The van der Waals surface area contributed by atoms with Crippen molar-refractivity contribution in [1.29, 1.82) is 0 Å². The summed E-state index contributed by atoms with van der Waals surface area (Å²) in [6.45, 7) is 6.40. The Balaban J connectivity index is 1.48. The third-order valence-corrected chi connectivity index (χ3v) is 8.59. The molecule has 5 nitrogen and oxygen atoms in total. The summed E-state index contributed by atoms with van der Waals surface area (Å²) in [6.07, 6.45) is -0.516. The van der Waals surface area contributed by atoms with E-state index in [2.05, 4.69) is 6.92 Å². The van der Waals surface area contributed by atoms with Gasteiger partial charge < -0.3 is 19.3 Å². The Morgan fingerprint density at radius 1 is 1.31 bits per heavy atom. The molecule has 0 amide bonds. The third kappa shape index (κ3) is 1.38. The molecule has 1 N–H and O–H groups in total. The van der Waals surface area contributed by atoms with Gasteiger partial charge in [-0.2, -0.15) is 0 Å². The van der Waals surface area contributed by atoms with Crippen LogP contribution in [0.4, 0.5) is 4.39 Å². The number of rotatable bonds is 1. The van der Waals surface area contributed by atoms with Gasteiger partial charge in [0.25, 0.3) is 0 Å². The van der Waals surface area contributed by atoms with Crippen molar-refractivity contribution in [2.24, 2.45) is 23.2 Å². The van der Waals surface area contributed by atoms with Crippen LogP contribution in [0.5, 0.6) is 0 Å². The van der Waals surface area contributed by atoms with Crippen LogP contribution in [0.1, 0.15) is 40.0 Å². The van der Waals surface area contributed by atoms with Crippen molar-refractivity contribution >= 4 is 5.97 Å². The third-order valence-electron chi connectivity index (χ3n) is 8.59. The quantitative estimate of drug-likeness (QED) is 0.569. The summed E-state index contributed by atoms with van der Waals surface area (Å²) in [5, 5.41) is 10.9. The number of aliphatic hydroxyl groups excluding tert-OH is 1. The maximum atomic E-state index is 15.8. The molecule has 0 aromatic heterocycles. The summed E-state index contributed by atoms with van der Waals surface area (Å²) >= 11 is 0. The minimum absolute atomic E-state index is 0.0217. The van der Waals surface area contributed by atoms with E-state index in [4.69, 9.17) is 14.2 Å². The molecule has 3 aliphatic heterocycles. The van der Waals surface area contributed by atoms with Crippen molar-refractivity contribution < 1.29 is 28.5 Å². The lowest BCUT2D eigenvalue weighted by molar-refractivity contribution is -0.136. The lowest BCUT2D eigenvalue weighted by atomic mass is 9.46. The van der Waals surface area contributed by atoms with Crippen LogP contribution in [0.15, 0.2) is 11.1 Å². The van der Waals surface area contributed by atoms with E-state index in [9.17, 15) is 9.90 Å². The second kappa shape index (κ2) is 4.36. The number of esters is 1. The molecule has 4 fully saturated rings. The number of cyclic esters (lactones) is 1. The maximum absolute atomic E-state index is 15.8. The van der Waals surface area contributed by atoms with E-state index in [0.717, 1.165) is 17.6 Å². The Kier molecular flexibility index (Phi) is 2.69. The molecular weight excluding hydrogens is 339 g/mol. The molecule has 0 radical (unpaired) electrons. The molecule has 3 aliphatic carbocycles. The first kappa shape index (κ1) is 16.0. The van der Waals surface area contributed by atoms with Gasteiger partial charge in [0.1, 0.15) is 24.5 Å². The molecule has 6 aliphatic rings. The number of carbonyl (C=O) groups is 1. The molecule has 6 heteroatoms. The van der Waals surface area contributed by atoms with Crippen LogP contribution < -0.4 is 0 Å². The summed E-state index contributed by atoms with van der Waals surface area (Å²) in [5.74, 6) is -0.546. The van der Waals surface area contributed by atoms with Crippen LogP contribution in [0.3, 0.4) is 0 Å². The van der Waals surface area contributed by atoms with Crippen LogP contribution in [0.25, 0.3) is 0 Å². The molecule has 6 rings (SSSR count). The predicted octanol–water partition coefficient (Wildman–Crippen LogP) is 1.92. The Morgan fingerprint density at radius 2 is 2.08 bits per heavy atom. The smallest absolute Gasteiger partial charge is 0.334 e. The highest BCUT2D eigenvalue weighted by atomic mass is 19.1. The van der Waals surface area contributed by atoms with E-state index < -0.39 is 29.4 Å². The Morgan fingerprint density at radius 3 is 2.81 bits per heavy atom. The van der Waals surface area contributed by atoms with E-state index in [0.29, 0.717) is 19.4 Å². The second-order valence-corrected chi connectivity index (χ2v) is 9.67. The molecule has 0 bridgehead atoms. The zero-order chi connectivity index (χ0) is 18.2. The molecule has 26 heavy (non-hydrogen) atoms. The zero-order valence-electron chi connectivity index (χ0n) is 15.3. The second-order valence-electron chi connectivity index (χ2n) is 9.67. The number of halogens is 1. The largest absolute Gasteiger partial charge is 0.458 e.